The van der Waals surface area contributed by atoms with Crippen molar-refractivity contribution in [2.24, 2.45) is 16.8 Å². The third-order valence-corrected chi connectivity index (χ3v) is 2.07. The number of rotatable bonds is 5. The molecular formula is C11H17N3O2. The van der Waals surface area contributed by atoms with Crippen LogP contribution in [0.25, 0.3) is 0 Å². The molecule has 0 aliphatic rings. The molecule has 0 fully saturated rings. The van der Waals surface area contributed by atoms with Crippen molar-refractivity contribution < 1.29 is 9.94 Å². The molecule has 0 radical (unpaired) electrons. The average molecular weight is 223 g/mol. The van der Waals surface area contributed by atoms with Crippen LogP contribution in [0.5, 0.6) is 5.75 Å². The number of aromatic nitrogens is 1. The third-order valence-electron chi connectivity index (χ3n) is 2.07. The van der Waals surface area contributed by atoms with E-state index >= 15 is 0 Å². The Kier molecular flexibility index (Phi) is 4.57. The standard InChI is InChI=1S/C11H17N3O2/c1-8(2)5-7-16-9-4-3-6-13-10(9)11(12)14-15/h3-4,6,8,15H,5,7H2,1-2H3,(H2,12,14). The number of amidine groups is 1. The maximum atomic E-state index is 8.59. The quantitative estimate of drug-likeness (QED) is 0.344. The number of ether oxygens (including phenoxy) is 1. The molecule has 1 aromatic heterocycles. The van der Waals surface area contributed by atoms with Gasteiger partial charge in [0.05, 0.1) is 6.61 Å². The first-order chi connectivity index (χ1) is 7.65. The molecule has 0 spiro atoms. The summed E-state index contributed by atoms with van der Waals surface area (Å²) >= 11 is 0. The fraction of sp³-hybridized carbons (Fsp3) is 0.455. The molecule has 0 saturated carbocycles. The Morgan fingerprint density at radius 3 is 3.00 bits per heavy atom. The molecule has 88 valence electrons. The molecule has 0 amide bonds. The molecule has 0 bridgehead atoms. The minimum atomic E-state index is -0.0415. The Morgan fingerprint density at radius 1 is 1.62 bits per heavy atom. The second kappa shape index (κ2) is 5.95. The van der Waals surface area contributed by atoms with Gasteiger partial charge >= 0.3 is 0 Å². The zero-order valence-corrected chi connectivity index (χ0v) is 9.55. The fourth-order valence-corrected chi connectivity index (χ4v) is 1.15. The number of hydrogen-bond donors (Lipinski definition) is 2. The lowest BCUT2D eigenvalue weighted by molar-refractivity contribution is 0.287. The SMILES string of the molecule is CC(C)CCOc1cccnc1/C(N)=N/O. The van der Waals surface area contributed by atoms with Crippen molar-refractivity contribution in [1.29, 1.82) is 0 Å². The minimum Gasteiger partial charge on any atom is -0.491 e. The zero-order valence-electron chi connectivity index (χ0n) is 9.55. The van der Waals surface area contributed by atoms with E-state index in [2.05, 4.69) is 24.0 Å². The van der Waals surface area contributed by atoms with Crippen LogP contribution in [0.15, 0.2) is 23.5 Å². The summed E-state index contributed by atoms with van der Waals surface area (Å²) in [5.74, 6) is 1.07. The van der Waals surface area contributed by atoms with Gasteiger partial charge in [-0.05, 0) is 24.5 Å². The smallest absolute Gasteiger partial charge is 0.192 e. The van der Waals surface area contributed by atoms with Crippen LogP contribution in [-0.4, -0.2) is 22.6 Å². The lowest BCUT2D eigenvalue weighted by Gasteiger charge is -2.10. The van der Waals surface area contributed by atoms with Gasteiger partial charge in [0.15, 0.2) is 11.5 Å². The van der Waals surface area contributed by atoms with E-state index in [-0.39, 0.29) is 5.84 Å². The van der Waals surface area contributed by atoms with Crippen LogP contribution in [0, 0.1) is 5.92 Å². The van der Waals surface area contributed by atoms with E-state index in [1.165, 1.54) is 0 Å². The van der Waals surface area contributed by atoms with Gasteiger partial charge in [0.25, 0.3) is 0 Å². The Bertz CT molecular complexity index is 364. The van der Waals surface area contributed by atoms with Crippen molar-refractivity contribution in [3.8, 4) is 5.75 Å². The van der Waals surface area contributed by atoms with Crippen LogP contribution < -0.4 is 10.5 Å². The molecule has 3 N–H and O–H groups in total. The lowest BCUT2D eigenvalue weighted by atomic mass is 10.1. The lowest BCUT2D eigenvalue weighted by Crippen LogP contribution is -2.17. The van der Waals surface area contributed by atoms with Gasteiger partial charge in [-0.2, -0.15) is 0 Å². The topological polar surface area (TPSA) is 80.7 Å². The molecule has 16 heavy (non-hydrogen) atoms. The average Bonchev–Trinajstić information content (AvgIpc) is 2.28. The molecule has 0 unspecified atom stereocenters. The van der Waals surface area contributed by atoms with Gasteiger partial charge in [-0.25, -0.2) is 4.98 Å². The Morgan fingerprint density at radius 2 is 2.38 bits per heavy atom. The molecular weight excluding hydrogens is 206 g/mol. The maximum Gasteiger partial charge on any atom is 0.192 e. The second-order valence-electron chi connectivity index (χ2n) is 3.87. The van der Waals surface area contributed by atoms with Gasteiger partial charge in [0.2, 0.25) is 0 Å². The fourth-order valence-electron chi connectivity index (χ4n) is 1.15. The summed E-state index contributed by atoms with van der Waals surface area (Å²) in [5.41, 5.74) is 5.85. The molecule has 0 atom stereocenters. The molecule has 5 heteroatoms. The second-order valence-corrected chi connectivity index (χ2v) is 3.87. The Labute approximate surface area is 94.9 Å². The molecule has 0 aromatic carbocycles. The summed E-state index contributed by atoms with van der Waals surface area (Å²) in [4.78, 5) is 4.01. The van der Waals surface area contributed by atoms with E-state index in [0.717, 1.165) is 6.42 Å². The van der Waals surface area contributed by atoms with E-state index in [1.54, 1.807) is 18.3 Å². The summed E-state index contributed by atoms with van der Waals surface area (Å²) in [6, 6.07) is 3.50. The van der Waals surface area contributed by atoms with E-state index in [4.69, 9.17) is 15.7 Å². The normalized spacial score (nSPS) is 11.8. The number of oxime groups is 1. The van der Waals surface area contributed by atoms with Crippen LogP contribution in [0.4, 0.5) is 0 Å². The third kappa shape index (κ3) is 3.42. The first-order valence-corrected chi connectivity index (χ1v) is 5.21. The van der Waals surface area contributed by atoms with Crippen molar-refractivity contribution in [3.05, 3.63) is 24.0 Å². The van der Waals surface area contributed by atoms with Crippen LogP contribution in [0.2, 0.25) is 0 Å². The van der Waals surface area contributed by atoms with Crippen molar-refractivity contribution >= 4 is 5.84 Å². The highest BCUT2D eigenvalue weighted by Crippen LogP contribution is 2.15. The van der Waals surface area contributed by atoms with Crippen molar-refractivity contribution in [3.63, 3.8) is 0 Å². The maximum absolute atomic E-state index is 8.59. The van der Waals surface area contributed by atoms with E-state index in [9.17, 15) is 0 Å². The summed E-state index contributed by atoms with van der Waals surface area (Å²) in [6.07, 6.45) is 2.52. The number of hydrogen-bond acceptors (Lipinski definition) is 4. The Hall–Kier alpha value is -1.78. The van der Waals surface area contributed by atoms with Gasteiger partial charge in [-0.15, -0.1) is 0 Å². The Balaban J connectivity index is 2.72. The highest BCUT2D eigenvalue weighted by molar-refractivity contribution is 5.97. The largest absolute Gasteiger partial charge is 0.491 e. The van der Waals surface area contributed by atoms with E-state index < -0.39 is 0 Å². The zero-order chi connectivity index (χ0) is 12.0. The van der Waals surface area contributed by atoms with Gasteiger partial charge in [0.1, 0.15) is 5.75 Å². The van der Waals surface area contributed by atoms with E-state index in [0.29, 0.717) is 24.0 Å². The molecule has 5 nitrogen and oxygen atoms in total. The number of pyridine rings is 1. The first-order valence-electron chi connectivity index (χ1n) is 5.21. The summed E-state index contributed by atoms with van der Waals surface area (Å²) in [7, 11) is 0. The van der Waals surface area contributed by atoms with E-state index in [1.807, 2.05) is 0 Å². The summed E-state index contributed by atoms with van der Waals surface area (Å²) < 4.78 is 5.54. The van der Waals surface area contributed by atoms with Crippen LogP contribution in [-0.2, 0) is 0 Å². The molecule has 0 aliphatic heterocycles. The minimum absolute atomic E-state index is 0.0415. The van der Waals surface area contributed by atoms with Gasteiger partial charge < -0.3 is 15.7 Å². The first kappa shape index (κ1) is 12.3. The van der Waals surface area contributed by atoms with Gasteiger partial charge in [-0.3, -0.25) is 0 Å². The predicted molar refractivity (Wildman–Crippen MR) is 61.7 cm³/mol. The summed E-state index contributed by atoms with van der Waals surface area (Å²) in [6.45, 7) is 4.84. The van der Waals surface area contributed by atoms with Crippen LogP contribution in [0.1, 0.15) is 26.0 Å². The molecule has 1 rings (SSSR count). The molecule has 1 aromatic rings. The molecule has 0 aliphatic carbocycles. The highest BCUT2D eigenvalue weighted by atomic mass is 16.5. The number of nitrogens with two attached hydrogens (primary N) is 1. The molecule has 1 heterocycles. The van der Waals surface area contributed by atoms with Crippen molar-refractivity contribution in [1.82, 2.24) is 4.98 Å². The predicted octanol–water partition coefficient (Wildman–Crippen LogP) is 1.60. The number of nitrogens with zero attached hydrogens (tertiary/aromatic N) is 2. The summed E-state index contributed by atoms with van der Waals surface area (Å²) in [5, 5.41) is 11.5. The van der Waals surface area contributed by atoms with Gasteiger partial charge in [-0.1, -0.05) is 19.0 Å². The highest BCUT2D eigenvalue weighted by Gasteiger charge is 2.09. The van der Waals surface area contributed by atoms with Crippen LogP contribution in [0.3, 0.4) is 0 Å². The monoisotopic (exact) mass is 223 g/mol. The van der Waals surface area contributed by atoms with Crippen molar-refractivity contribution in [2.75, 3.05) is 6.61 Å². The van der Waals surface area contributed by atoms with Gasteiger partial charge in [0, 0.05) is 6.20 Å². The van der Waals surface area contributed by atoms with Crippen molar-refractivity contribution in [2.45, 2.75) is 20.3 Å². The van der Waals surface area contributed by atoms with Crippen LogP contribution >= 0.6 is 0 Å². The molecule has 0 saturated heterocycles.